The maximum absolute atomic E-state index is 5.65. The first-order valence-electron chi connectivity index (χ1n) is 6.83. The number of benzene rings is 1. The van der Waals surface area contributed by atoms with Gasteiger partial charge in [-0.3, -0.25) is 0 Å². The molecule has 0 aliphatic rings. The summed E-state index contributed by atoms with van der Waals surface area (Å²) in [7, 11) is 0. The van der Waals surface area contributed by atoms with Crippen molar-refractivity contribution in [2.75, 3.05) is 18.0 Å². The summed E-state index contributed by atoms with van der Waals surface area (Å²) in [4.78, 5) is 6.94. The summed E-state index contributed by atoms with van der Waals surface area (Å²) in [5.74, 6) is 1.00. The van der Waals surface area contributed by atoms with E-state index in [0.717, 1.165) is 35.5 Å². The highest BCUT2D eigenvalue weighted by Crippen LogP contribution is 2.20. The van der Waals surface area contributed by atoms with Crippen LogP contribution >= 0.6 is 15.9 Å². The van der Waals surface area contributed by atoms with Gasteiger partial charge in [0.25, 0.3) is 0 Å². The molecule has 106 valence electrons. The van der Waals surface area contributed by atoms with Crippen molar-refractivity contribution in [3.8, 4) is 0 Å². The van der Waals surface area contributed by atoms with Crippen molar-refractivity contribution in [1.29, 1.82) is 0 Å². The van der Waals surface area contributed by atoms with Crippen molar-refractivity contribution >= 4 is 21.7 Å². The third-order valence-corrected chi connectivity index (χ3v) is 4.02. The molecule has 0 unspecified atom stereocenters. The zero-order valence-electron chi connectivity index (χ0n) is 11.7. The number of halogens is 1. The zero-order valence-corrected chi connectivity index (χ0v) is 13.3. The molecule has 4 heteroatoms. The number of rotatable bonds is 6. The Morgan fingerprint density at radius 3 is 2.55 bits per heavy atom. The van der Waals surface area contributed by atoms with Gasteiger partial charge in [-0.25, -0.2) is 4.98 Å². The number of pyridine rings is 1. The van der Waals surface area contributed by atoms with Gasteiger partial charge in [0.15, 0.2) is 0 Å². The lowest BCUT2D eigenvalue weighted by Gasteiger charge is -2.24. The number of hydrogen-bond acceptors (Lipinski definition) is 3. The zero-order chi connectivity index (χ0) is 14.4. The number of nitrogens with zero attached hydrogens (tertiary/aromatic N) is 2. The molecule has 1 aromatic carbocycles. The van der Waals surface area contributed by atoms with Gasteiger partial charge < -0.3 is 10.6 Å². The highest BCUT2D eigenvalue weighted by molar-refractivity contribution is 9.10. The Morgan fingerprint density at radius 2 is 1.90 bits per heavy atom. The van der Waals surface area contributed by atoms with E-state index in [9.17, 15) is 0 Å². The van der Waals surface area contributed by atoms with Crippen LogP contribution in [0.4, 0.5) is 5.82 Å². The highest BCUT2D eigenvalue weighted by atomic mass is 79.9. The van der Waals surface area contributed by atoms with Gasteiger partial charge in [0.2, 0.25) is 0 Å². The molecule has 0 saturated heterocycles. The second-order valence-electron chi connectivity index (χ2n) is 4.79. The number of aryl methyl sites for hydroxylation is 1. The second-order valence-corrected chi connectivity index (χ2v) is 5.64. The smallest absolute Gasteiger partial charge is 0.129 e. The molecule has 1 aromatic heterocycles. The van der Waals surface area contributed by atoms with Gasteiger partial charge in [0.05, 0.1) is 5.69 Å². The van der Waals surface area contributed by atoms with Crippen LogP contribution in [0, 0.1) is 6.92 Å². The van der Waals surface area contributed by atoms with Gasteiger partial charge in [0.1, 0.15) is 5.82 Å². The fraction of sp³-hybridized carbons (Fsp3) is 0.312. The first-order chi connectivity index (χ1) is 9.70. The quantitative estimate of drug-likeness (QED) is 0.879. The monoisotopic (exact) mass is 333 g/mol. The van der Waals surface area contributed by atoms with E-state index < -0.39 is 0 Å². The van der Waals surface area contributed by atoms with E-state index in [1.54, 1.807) is 0 Å². The first-order valence-corrected chi connectivity index (χ1v) is 7.62. The van der Waals surface area contributed by atoms with Crippen molar-refractivity contribution in [3.05, 3.63) is 58.2 Å². The fourth-order valence-electron chi connectivity index (χ4n) is 2.07. The van der Waals surface area contributed by atoms with Crippen LogP contribution in [0.25, 0.3) is 0 Å². The molecule has 0 bridgehead atoms. The molecule has 2 rings (SSSR count). The van der Waals surface area contributed by atoms with Gasteiger partial charge in [-0.15, -0.1) is 0 Å². The lowest BCUT2D eigenvalue weighted by Crippen LogP contribution is -2.26. The molecule has 1 heterocycles. The summed E-state index contributed by atoms with van der Waals surface area (Å²) in [6.07, 6.45) is 0.962. The molecule has 2 N–H and O–H groups in total. The first kappa shape index (κ1) is 15.0. The number of aromatic nitrogens is 1. The largest absolute Gasteiger partial charge is 0.352 e. The fourth-order valence-corrected chi connectivity index (χ4v) is 2.29. The Morgan fingerprint density at radius 1 is 1.15 bits per heavy atom. The van der Waals surface area contributed by atoms with E-state index in [1.807, 2.05) is 13.0 Å². The standard InChI is InChI=1S/C16H20BrN3/c1-13-15(17)8-9-16(19-13)20(11-5-10-18)12-14-6-3-2-4-7-14/h2-4,6-9H,5,10-12,18H2,1H3. The predicted molar refractivity (Wildman–Crippen MR) is 87.8 cm³/mol. The maximum atomic E-state index is 5.65. The Balaban J connectivity index is 2.20. The van der Waals surface area contributed by atoms with Crippen LogP contribution in [0.15, 0.2) is 46.9 Å². The minimum atomic E-state index is 0.695. The molecule has 0 atom stereocenters. The molecular weight excluding hydrogens is 314 g/mol. The summed E-state index contributed by atoms with van der Waals surface area (Å²) < 4.78 is 1.04. The highest BCUT2D eigenvalue weighted by Gasteiger charge is 2.09. The third-order valence-electron chi connectivity index (χ3n) is 3.18. The van der Waals surface area contributed by atoms with Crippen LogP contribution in [-0.4, -0.2) is 18.1 Å². The molecule has 3 nitrogen and oxygen atoms in total. The SMILES string of the molecule is Cc1nc(N(CCCN)Cc2ccccc2)ccc1Br. The number of hydrogen-bond donors (Lipinski definition) is 1. The average molecular weight is 334 g/mol. The van der Waals surface area contributed by atoms with Gasteiger partial charge in [0, 0.05) is 17.6 Å². The molecule has 0 amide bonds. The van der Waals surface area contributed by atoms with Crippen LogP contribution in [0.1, 0.15) is 17.7 Å². The molecule has 0 fully saturated rings. The Bertz CT molecular complexity index is 543. The summed E-state index contributed by atoms with van der Waals surface area (Å²) in [6.45, 7) is 4.48. The molecule has 0 aliphatic heterocycles. The van der Waals surface area contributed by atoms with Crippen molar-refractivity contribution in [2.45, 2.75) is 19.9 Å². The molecular formula is C16H20BrN3. The Labute approximate surface area is 129 Å². The molecule has 20 heavy (non-hydrogen) atoms. The van der Waals surface area contributed by atoms with Gasteiger partial charge in [-0.1, -0.05) is 30.3 Å². The minimum Gasteiger partial charge on any atom is -0.352 e. The van der Waals surface area contributed by atoms with Crippen molar-refractivity contribution < 1.29 is 0 Å². The minimum absolute atomic E-state index is 0.695. The Hall–Kier alpha value is -1.39. The average Bonchev–Trinajstić information content (AvgIpc) is 2.47. The molecule has 0 saturated carbocycles. The lowest BCUT2D eigenvalue weighted by molar-refractivity contribution is 0.724. The summed E-state index contributed by atoms with van der Waals surface area (Å²) in [6, 6.07) is 14.6. The van der Waals surface area contributed by atoms with E-state index in [4.69, 9.17) is 5.73 Å². The molecule has 0 radical (unpaired) electrons. The Kier molecular flexibility index (Phi) is 5.56. The molecule has 0 aliphatic carbocycles. The summed E-state index contributed by atoms with van der Waals surface area (Å²) >= 11 is 3.50. The number of anilines is 1. The third kappa shape index (κ3) is 4.05. The van der Waals surface area contributed by atoms with Crippen LogP contribution in [0.5, 0.6) is 0 Å². The van der Waals surface area contributed by atoms with E-state index in [2.05, 4.69) is 62.2 Å². The van der Waals surface area contributed by atoms with Crippen molar-refractivity contribution in [3.63, 3.8) is 0 Å². The normalized spacial score (nSPS) is 10.6. The maximum Gasteiger partial charge on any atom is 0.129 e. The summed E-state index contributed by atoms with van der Waals surface area (Å²) in [5, 5.41) is 0. The van der Waals surface area contributed by atoms with Crippen LogP contribution in [0.3, 0.4) is 0 Å². The van der Waals surface area contributed by atoms with E-state index in [1.165, 1.54) is 5.56 Å². The second kappa shape index (κ2) is 7.41. The van der Waals surface area contributed by atoms with E-state index >= 15 is 0 Å². The lowest BCUT2D eigenvalue weighted by atomic mass is 10.2. The van der Waals surface area contributed by atoms with Crippen LogP contribution < -0.4 is 10.6 Å². The van der Waals surface area contributed by atoms with Crippen molar-refractivity contribution in [2.24, 2.45) is 5.73 Å². The topological polar surface area (TPSA) is 42.2 Å². The van der Waals surface area contributed by atoms with Gasteiger partial charge >= 0.3 is 0 Å². The van der Waals surface area contributed by atoms with Crippen LogP contribution in [0.2, 0.25) is 0 Å². The van der Waals surface area contributed by atoms with Crippen molar-refractivity contribution in [1.82, 2.24) is 4.98 Å². The predicted octanol–water partition coefficient (Wildman–Crippen LogP) is 3.51. The van der Waals surface area contributed by atoms with Gasteiger partial charge in [-0.05, 0) is 53.5 Å². The van der Waals surface area contributed by atoms with E-state index in [0.29, 0.717) is 6.54 Å². The summed E-state index contributed by atoms with van der Waals surface area (Å²) in [5.41, 5.74) is 7.94. The molecule has 0 spiro atoms. The number of nitrogens with two attached hydrogens (primary N) is 1. The van der Waals surface area contributed by atoms with Crippen LogP contribution in [-0.2, 0) is 6.54 Å². The molecule has 2 aromatic rings. The van der Waals surface area contributed by atoms with Gasteiger partial charge in [-0.2, -0.15) is 0 Å². The van der Waals surface area contributed by atoms with E-state index in [-0.39, 0.29) is 0 Å².